The number of nitrogens with zero attached hydrogens (tertiary/aromatic N) is 5. The number of aryl methyl sites for hydroxylation is 1. The smallest absolute Gasteiger partial charge is 0.295 e. The third-order valence-corrected chi connectivity index (χ3v) is 7.22. The zero-order valence-electron chi connectivity index (χ0n) is 21.4. The molecule has 2 aromatic heterocycles. The molecule has 1 unspecified atom stereocenters. The molecular formula is C26H29ClN6O3S. The lowest BCUT2D eigenvalue weighted by Crippen LogP contribution is -2.23. The number of nitrogens with one attached hydrogen (secondary N) is 1. The highest BCUT2D eigenvalue weighted by atomic mass is 35.5. The number of carbonyl (C=O) groups is 1. The van der Waals surface area contributed by atoms with E-state index in [4.69, 9.17) is 16.3 Å². The fourth-order valence-electron chi connectivity index (χ4n) is 4.01. The molecule has 0 bridgehead atoms. The number of carbonyl (C=O) groups excluding carboxylic acids is 1. The number of anilines is 1. The van der Waals surface area contributed by atoms with Crippen LogP contribution in [-0.4, -0.2) is 35.8 Å². The Bertz CT molecular complexity index is 1480. The molecule has 0 aliphatic rings. The molecule has 2 heterocycles. The average Bonchev–Trinajstić information content (AvgIpc) is 3.39. The van der Waals surface area contributed by atoms with Crippen molar-refractivity contribution in [1.82, 2.24) is 24.1 Å². The largest absolute Gasteiger partial charge is 0.482 e. The van der Waals surface area contributed by atoms with Crippen LogP contribution in [0.25, 0.3) is 5.69 Å². The molecule has 0 aliphatic heterocycles. The molecule has 0 saturated carbocycles. The fraction of sp³-hybridized carbons (Fsp3) is 0.308. The van der Waals surface area contributed by atoms with E-state index in [9.17, 15) is 9.59 Å². The number of rotatable bonds is 9. The van der Waals surface area contributed by atoms with Crippen LogP contribution in [0.1, 0.15) is 37.0 Å². The van der Waals surface area contributed by atoms with E-state index in [2.05, 4.69) is 15.5 Å². The molecule has 0 aliphatic carbocycles. The second-order valence-corrected chi connectivity index (χ2v) is 9.91. The predicted molar refractivity (Wildman–Crippen MR) is 146 cm³/mol. The maximum atomic E-state index is 13.1. The van der Waals surface area contributed by atoms with Crippen LogP contribution in [-0.2, 0) is 18.4 Å². The minimum absolute atomic E-state index is 0.0722. The van der Waals surface area contributed by atoms with Crippen molar-refractivity contribution in [3.8, 4) is 11.4 Å². The SMILES string of the molecule is CCn1c(SCC(=O)Nc2c(C)n(C)n(-c3ccccc3)c2=O)nnc1C(C)Oc1ccc(Cl)cc1C. The van der Waals surface area contributed by atoms with E-state index >= 15 is 0 Å². The topological polar surface area (TPSA) is 96.0 Å². The lowest BCUT2D eigenvalue weighted by atomic mass is 10.2. The van der Waals surface area contributed by atoms with Crippen LogP contribution in [0.5, 0.6) is 5.75 Å². The van der Waals surface area contributed by atoms with Gasteiger partial charge in [-0.2, -0.15) is 0 Å². The summed E-state index contributed by atoms with van der Waals surface area (Å²) < 4.78 is 11.3. The summed E-state index contributed by atoms with van der Waals surface area (Å²) in [4.78, 5) is 25.9. The van der Waals surface area contributed by atoms with Crippen LogP contribution in [0.4, 0.5) is 5.69 Å². The number of hydrogen-bond acceptors (Lipinski definition) is 6. The number of halogens is 1. The van der Waals surface area contributed by atoms with Crippen LogP contribution in [0.2, 0.25) is 5.02 Å². The van der Waals surface area contributed by atoms with Gasteiger partial charge in [-0.1, -0.05) is 41.6 Å². The summed E-state index contributed by atoms with van der Waals surface area (Å²) in [7, 11) is 1.79. The van der Waals surface area contributed by atoms with Crippen LogP contribution in [0.15, 0.2) is 58.5 Å². The van der Waals surface area contributed by atoms with Gasteiger partial charge >= 0.3 is 0 Å². The molecule has 4 rings (SSSR count). The van der Waals surface area contributed by atoms with Crippen molar-refractivity contribution in [2.45, 2.75) is 45.5 Å². The molecule has 194 valence electrons. The normalized spacial score (nSPS) is 11.9. The minimum Gasteiger partial charge on any atom is -0.482 e. The second-order valence-electron chi connectivity index (χ2n) is 8.53. The minimum atomic E-state index is -0.362. The van der Waals surface area contributed by atoms with Gasteiger partial charge in [-0.3, -0.25) is 14.3 Å². The number of amides is 1. The third kappa shape index (κ3) is 5.60. The van der Waals surface area contributed by atoms with Gasteiger partial charge in [0, 0.05) is 18.6 Å². The lowest BCUT2D eigenvalue weighted by Gasteiger charge is -2.17. The maximum Gasteiger partial charge on any atom is 0.295 e. The number of hydrogen-bond donors (Lipinski definition) is 1. The maximum absolute atomic E-state index is 13.1. The number of ether oxygens (including phenoxy) is 1. The highest BCUT2D eigenvalue weighted by molar-refractivity contribution is 7.99. The molecule has 9 nitrogen and oxygen atoms in total. The van der Waals surface area contributed by atoms with Gasteiger partial charge in [0.2, 0.25) is 5.91 Å². The first kappa shape index (κ1) is 26.6. The van der Waals surface area contributed by atoms with Crippen molar-refractivity contribution in [2.75, 3.05) is 11.1 Å². The zero-order valence-corrected chi connectivity index (χ0v) is 22.9. The molecule has 0 radical (unpaired) electrons. The Labute approximate surface area is 224 Å². The second kappa shape index (κ2) is 11.3. The molecule has 1 N–H and O–H groups in total. The molecule has 2 aromatic carbocycles. The van der Waals surface area contributed by atoms with Crippen molar-refractivity contribution in [1.29, 1.82) is 0 Å². The average molecular weight is 541 g/mol. The molecule has 0 saturated heterocycles. The quantitative estimate of drug-likeness (QED) is 0.302. The molecule has 1 atom stereocenters. The summed E-state index contributed by atoms with van der Waals surface area (Å²) >= 11 is 7.31. The number of thioether (sulfide) groups is 1. The van der Waals surface area contributed by atoms with Crippen molar-refractivity contribution < 1.29 is 9.53 Å². The summed E-state index contributed by atoms with van der Waals surface area (Å²) in [6, 6.07) is 14.8. The number of benzene rings is 2. The summed E-state index contributed by atoms with van der Waals surface area (Å²) in [5.74, 6) is 1.15. The molecule has 4 aromatic rings. The van der Waals surface area contributed by atoms with E-state index in [1.807, 2.05) is 67.8 Å². The van der Waals surface area contributed by atoms with Crippen molar-refractivity contribution in [3.63, 3.8) is 0 Å². The Morgan fingerprint density at radius 3 is 2.57 bits per heavy atom. The van der Waals surface area contributed by atoms with Gasteiger partial charge in [0.1, 0.15) is 11.4 Å². The Hall–Kier alpha value is -3.50. The first-order chi connectivity index (χ1) is 17.7. The Morgan fingerprint density at radius 1 is 1.16 bits per heavy atom. The first-order valence-corrected chi connectivity index (χ1v) is 13.2. The van der Waals surface area contributed by atoms with Crippen LogP contribution >= 0.6 is 23.4 Å². The van der Waals surface area contributed by atoms with E-state index < -0.39 is 0 Å². The highest BCUT2D eigenvalue weighted by Crippen LogP contribution is 2.28. The van der Waals surface area contributed by atoms with Gasteiger partial charge in [-0.05, 0) is 63.6 Å². The van der Waals surface area contributed by atoms with Crippen LogP contribution in [0.3, 0.4) is 0 Å². The summed E-state index contributed by atoms with van der Waals surface area (Å²) in [5.41, 5.74) is 2.29. The number of aromatic nitrogens is 5. The third-order valence-electron chi connectivity index (χ3n) is 6.02. The van der Waals surface area contributed by atoms with Gasteiger partial charge in [0.25, 0.3) is 5.56 Å². The van der Waals surface area contributed by atoms with E-state index in [1.165, 1.54) is 16.4 Å². The van der Waals surface area contributed by atoms with Gasteiger partial charge in [-0.25, -0.2) is 4.68 Å². The van der Waals surface area contributed by atoms with Crippen molar-refractivity contribution in [2.24, 2.45) is 7.05 Å². The molecule has 0 fully saturated rings. The van der Waals surface area contributed by atoms with E-state index in [0.717, 1.165) is 17.0 Å². The van der Waals surface area contributed by atoms with Crippen LogP contribution < -0.4 is 15.6 Å². The summed E-state index contributed by atoms with van der Waals surface area (Å²) in [5, 5.41) is 12.6. The summed E-state index contributed by atoms with van der Waals surface area (Å²) in [6.45, 7) is 8.23. The summed E-state index contributed by atoms with van der Waals surface area (Å²) in [6.07, 6.45) is -0.362. The first-order valence-electron chi connectivity index (χ1n) is 11.8. The van der Waals surface area contributed by atoms with Gasteiger partial charge in [0.05, 0.1) is 17.1 Å². The molecule has 1 amide bonds. The van der Waals surface area contributed by atoms with Crippen molar-refractivity contribution >= 4 is 35.0 Å². The van der Waals surface area contributed by atoms with Gasteiger partial charge in [-0.15, -0.1) is 10.2 Å². The molecular weight excluding hydrogens is 512 g/mol. The van der Waals surface area contributed by atoms with E-state index in [1.54, 1.807) is 24.7 Å². The molecule has 37 heavy (non-hydrogen) atoms. The monoisotopic (exact) mass is 540 g/mol. The molecule has 11 heteroatoms. The molecule has 0 spiro atoms. The standard InChI is InChI=1S/C26H29ClN6O3S/c1-6-32-24(18(4)36-21-13-12-19(27)14-16(21)2)29-30-26(32)37-15-22(34)28-23-17(3)31(5)33(25(23)35)20-10-8-7-9-11-20/h7-14,18H,6,15H2,1-5H3,(H,28,34). The lowest BCUT2D eigenvalue weighted by molar-refractivity contribution is -0.113. The fourth-order valence-corrected chi connectivity index (χ4v) is 5.05. The van der Waals surface area contributed by atoms with Gasteiger partial charge < -0.3 is 14.6 Å². The number of para-hydroxylation sites is 1. The van der Waals surface area contributed by atoms with Gasteiger partial charge in [0.15, 0.2) is 17.1 Å². The highest BCUT2D eigenvalue weighted by Gasteiger charge is 2.22. The predicted octanol–water partition coefficient (Wildman–Crippen LogP) is 4.93. The zero-order chi connectivity index (χ0) is 26.7. The Morgan fingerprint density at radius 2 is 1.89 bits per heavy atom. The van der Waals surface area contributed by atoms with E-state index in [0.29, 0.717) is 28.2 Å². The van der Waals surface area contributed by atoms with Crippen LogP contribution in [0, 0.1) is 13.8 Å². The Kier molecular flexibility index (Phi) is 8.09. The van der Waals surface area contributed by atoms with Crippen molar-refractivity contribution in [3.05, 3.63) is 81.0 Å². The Balaban J connectivity index is 1.45. The van der Waals surface area contributed by atoms with E-state index in [-0.39, 0.29) is 29.0 Å².